The molecule has 0 unspecified atom stereocenters. The molecule has 1 amide bonds. The average Bonchev–Trinajstić information content (AvgIpc) is 2.89. The Morgan fingerprint density at radius 3 is 2.76 bits per heavy atom. The minimum Gasteiger partial charge on any atom is -0.321 e. The summed E-state index contributed by atoms with van der Waals surface area (Å²) in [6.45, 7) is 3.98. The molecule has 4 nitrogen and oxygen atoms in total. The van der Waals surface area contributed by atoms with Gasteiger partial charge in [-0.1, -0.05) is 28.1 Å². The molecular weight excluding hydrogens is 330 g/mol. The number of anilines is 1. The number of hydrogen-bond acceptors (Lipinski definition) is 2. The Labute approximate surface area is 131 Å². The molecule has 0 saturated heterocycles. The van der Waals surface area contributed by atoms with Crippen molar-refractivity contribution in [3.05, 3.63) is 64.0 Å². The van der Waals surface area contributed by atoms with E-state index in [4.69, 9.17) is 0 Å². The van der Waals surface area contributed by atoms with Crippen LogP contribution in [0.3, 0.4) is 0 Å². The number of rotatable bonds is 2. The summed E-state index contributed by atoms with van der Waals surface area (Å²) in [5.74, 6) is -0.214. The van der Waals surface area contributed by atoms with Crippen LogP contribution in [-0.4, -0.2) is 15.3 Å². The van der Waals surface area contributed by atoms with Crippen LogP contribution < -0.4 is 5.32 Å². The number of carbonyl (C=O) groups excluding carboxylic acids is 1. The smallest absolute Gasteiger partial charge is 0.275 e. The lowest BCUT2D eigenvalue weighted by Crippen LogP contribution is -2.12. The van der Waals surface area contributed by atoms with Gasteiger partial charge in [-0.05, 0) is 43.7 Å². The first-order valence-corrected chi connectivity index (χ1v) is 7.36. The summed E-state index contributed by atoms with van der Waals surface area (Å²) >= 11 is 3.46. The first-order valence-electron chi connectivity index (χ1n) is 6.57. The highest BCUT2D eigenvalue weighted by atomic mass is 79.9. The minimum absolute atomic E-state index is 0.214. The van der Waals surface area contributed by atoms with Crippen molar-refractivity contribution in [3.8, 4) is 0 Å². The summed E-state index contributed by atoms with van der Waals surface area (Å²) in [5.41, 5.74) is 4.07. The van der Waals surface area contributed by atoms with E-state index in [1.54, 1.807) is 6.20 Å². The predicted octanol–water partition coefficient (Wildman–Crippen LogP) is 3.97. The lowest BCUT2D eigenvalue weighted by molar-refractivity contribution is 0.102. The quantitative estimate of drug-likeness (QED) is 0.765. The highest BCUT2D eigenvalue weighted by molar-refractivity contribution is 9.10. The second-order valence-electron chi connectivity index (χ2n) is 4.94. The Balaban J connectivity index is 1.90. The van der Waals surface area contributed by atoms with Crippen molar-refractivity contribution >= 4 is 33.2 Å². The maximum absolute atomic E-state index is 12.3. The van der Waals surface area contributed by atoms with E-state index in [-0.39, 0.29) is 5.91 Å². The van der Waals surface area contributed by atoms with Gasteiger partial charge in [-0.2, -0.15) is 0 Å². The van der Waals surface area contributed by atoms with E-state index in [0.29, 0.717) is 5.69 Å². The van der Waals surface area contributed by atoms with Gasteiger partial charge in [0.05, 0.1) is 0 Å². The Morgan fingerprint density at radius 2 is 2.05 bits per heavy atom. The molecule has 2 heterocycles. The van der Waals surface area contributed by atoms with Crippen molar-refractivity contribution in [2.75, 3.05) is 5.32 Å². The second-order valence-corrected chi connectivity index (χ2v) is 5.79. The van der Waals surface area contributed by atoms with E-state index in [1.807, 2.05) is 54.6 Å². The highest BCUT2D eigenvalue weighted by Crippen LogP contribution is 2.21. The number of carbonyl (C=O) groups is 1. The molecule has 3 aromatic rings. The van der Waals surface area contributed by atoms with E-state index in [9.17, 15) is 4.79 Å². The number of aromatic nitrogens is 2. The molecule has 2 aromatic heterocycles. The summed E-state index contributed by atoms with van der Waals surface area (Å²) in [6, 6.07) is 11.5. The molecule has 1 aromatic carbocycles. The molecule has 3 rings (SSSR count). The van der Waals surface area contributed by atoms with Crippen LogP contribution in [0.15, 0.2) is 47.1 Å². The lowest BCUT2D eigenvalue weighted by atomic mass is 10.2. The molecule has 0 bridgehead atoms. The van der Waals surface area contributed by atoms with Gasteiger partial charge in [-0.15, -0.1) is 0 Å². The molecule has 0 aliphatic carbocycles. The molecule has 1 N–H and O–H groups in total. The van der Waals surface area contributed by atoms with Gasteiger partial charge in [-0.25, -0.2) is 4.98 Å². The van der Waals surface area contributed by atoms with Crippen molar-refractivity contribution in [1.82, 2.24) is 9.38 Å². The van der Waals surface area contributed by atoms with Crippen LogP contribution in [0.4, 0.5) is 5.69 Å². The number of nitrogens with one attached hydrogen (secondary N) is 1. The fourth-order valence-corrected chi connectivity index (χ4v) is 2.50. The lowest BCUT2D eigenvalue weighted by Gasteiger charge is -2.05. The molecule has 5 heteroatoms. The molecular formula is C16H14BrN3O. The Kier molecular flexibility index (Phi) is 3.51. The van der Waals surface area contributed by atoms with Crippen LogP contribution in [0.25, 0.3) is 5.65 Å². The number of pyridine rings is 1. The van der Waals surface area contributed by atoms with Gasteiger partial charge in [0, 0.05) is 22.1 Å². The van der Waals surface area contributed by atoms with Crippen LogP contribution in [0.2, 0.25) is 0 Å². The van der Waals surface area contributed by atoms with Gasteiger partial charge in [-0.3, -0.25) is 4.79 Å². The van der Waals surface area contributed by atoms with Gasteiger partial charge in [0.15, 0.2) is 0 Å². The number of aryl methyl sites for hydroxylation is 2. The number of hydrogen-bond donors (Lipinski definition) is 1. The number of benzene rings is 1. The summed E-state index contributed by atoms with van der Waals surface area (Å²) in [7, 11) is 0. The van der Waals surface area contributed by atoms with Crippen molar-refractivity contribution in [1.29, 1.82) is 0 Å². The minimum atomic E-state index is -0.214. The van der Waals surface area contributed by atoms with E-state index >= 15 is 0 Å². The SMILES string of the molecule is Cc1ccc(NC(=O)c2cn3c(C)cccc3n2)cc1Br. The van der Waals surface area contributed by atoms with Gasteiger partial charge < -0.3 is 9.72 Å². The van der Waals surface area contributed by atoms with Crippen molar-refractivity contribution < 1.29 is 4.79 Å². The van der Waals surface area contributed by atoms with Crippen LogP contribution in [0.5, 0.6) is 0 Å². The molecule has 0 aliphatic rings. The number of fused-ring (bicyclic) bond motifs is 1. The third-order valence-corrected chi connectivity index (χ3v) is 4.21. The Bertz CT molecular complexity index is 839. The van der Waals surface area contributed by atoms with Gasteiger partial charge in [0.1, 0.15) is 11.3 Å². The number of amides is 1. The second kappa shape index (κ2) is 5.33. The zero-order valence-electron chi connectivity index (χ0n) is 11.7. The number of imidazole rings is 1. The van der Waals surface area contributed by atoms with Gasteiger partial charge in [0.2, 0.25) is 0 Å². The topological polar surface area (TPSA) is 46.4 Å². The van der Waals surface area contributed by atoms with Crippen molar-refractivity contribution in [2.45, 2.75) is 13.8 Å². The fraction of sp³-hybridized carbons (Fsp3) is 0.125. The van der Waals surface area contributed by atoms with Crippen molar-refractivity contribution in [3.63, 3.8) is 0 Å². The van der Waals surface area contributed by atoms with E-state index < -0.39 is 0 Å². The van der Waals surface area contributed by atoms with Gasteiger partial charge in [0.25, 0.3) is 5.91 Å². The third kappa shape index (κ3) is 2.69. The normalized spacial score (nSPS) is 10.8. The fourth-order valence-electron chi connectivity index (χ4n) is 2.12. The predicted molar refractivity (Wildman–Crippen MR) is 86.8 cm³/mol. The maximum atomic E-state index is 12.3. The monoisotopic (exact) mass is 343 g/mol. The molecule has 0 fully saturated rings. The van der Waals surface area contributed by atoms with E-state index in [0.717, 1.165) is 27.1 Å². The average molecular weight is 344 g/mol. The molecule has 106 valence electrons. The number of halogens is 1. The first kappa shape index (κ1) is 13.8. The maximum Gasteiger partial charge on any atom is 0.275 e. The van der Waals surface area contributed by atoms with Crippen LogP contribution in [0, 0.1) is 13.8 Å². The molecule has 0 spiro atoms. The van der Waals surface area contributed by atoms with Crippen LogP contribution in [0.1, 0.15) is 21.7 Å². The summed E-state index contributed by atoms with van der Waals surface area (Å²) in [5, 5.41) is 2.86. The summed E-state index contributed by atoms with van der Waals surface area (Å²) in [6.07, 6.45) is 1.75. The standard InChI is InChI=1S/C16H14BrN3O/c1-10-6-7-12(8-13(10)17)18-16(21)14-9-20-11(2)4-3-5-15(20)19-14/h3-9H,1-2H3,(H,18,21). The molecule has 0 saturated carbocycles. The van der Waals surface area contributed by atoms with Crippen LogP contribution >= 0.6 is 15.9 Å². The molecule has 21 heavy (non-hydrogen) atoms. The molecule has 0 atom stereocenters. The van der Waals surface area contributed by atoms with Crippen LogP contribution in [-0.2, 0) is 0 Å². The van der Waals surface area contributed by atoms with E-state index in [1.165, 1.54) is 0 Å². The third-order valence-electron chi connectivity index (χ3n) is 3.36. The first-order chi connectivity index (χ1) is 10.0. The Morgan fingerprint density at radius 1 is 1.24 bits per heavy atom. The molecule has 0 radical (unpaired) electrons. The van der Waals surface area contributed by atoms with Crippen molar-refractivity contribution in [2.24, 2.45) is 0 Å². The van der Waals surface area contributed by atoms with E-state index in [2.05, 4.69) is 26.2 Å². The summed E-state index contributed by atoms with van der Waals surface area (Å²) < 4.78 is 2.87. The largest absolute Gasteiger partial charge is 0.321 e. The zero-order valence-corrected chi connectivity index (χ0v) is 13.3. The Hall–Kier alpha value is -2.14. The van der Waals surface area contributed by atoms with Gasteiger partial charge >= 0.3 is 0 Å². The summed E-state index contributed by atoms with van der Waals surface area (Å²) in [4.78, 5) is 16.6. The number of nitrogens with zero attached hydrogens (tertiary/aromatic N) is 2. The zero-order chi connectivity index (χ0) is 15.0. The molecule has 0 aliphatic heterocycles. The highest BCUT2D eigenvalue weighted by Gasteiger charge is 2.12.